The molecule has 31 heavy (non-hydrogen) atoms. The zero-order valence-corrected chi connectivity index (χ0v) is 16.7. The van der Waals surface area contributed by atoms with Crippen molar-refractivity contribution < 1.29 is 9.59 Å². The summed E-state index contributed by atoms with van der Waals surface area (Å²) >= 11 is 0. The molecule has 0 fully saturated rings. The number of benzene rings is 3. The Kier molecular flexibility index (Phi) is 7.90. The summed E-state index contributed by atoms with van der Waals surface area (Å²) in [6.45, 7) is 0. The van der Waals surface area contributed by atoms with E-state index < -0.39 is 12.1 Å². The highest BCUT2D eigenvalue weighted by Gasteiger charge is 2.05. The average Bonchev–Trinajstić information content (AvgIpc) is 2.80. The number of hydrogen-bond acceptors (Lipinski definition) is 4. The van der Waals surface area contributed by atoms with Gasteiger partial charge >= 0.3 is 12.1 Å². The molecule has 0 aliphatic heterocycles. The smallest absolute Gasteiger partial charge is 0.307 e. The van der Waals surface area contributed by atoms with E-state index in [1.807, 2.05) is 66.7 Å². The topological polar surface area (TPSA) is 107 Å². The van der Waals surface area contributed by atoms with Gasteiger partial charge in [0, 0.05) is 24.0 Å². The van der Waals surface area contributed by atoms with Crippen molar-refractivity contribution in [3.8, 4) is 0 Å². The van der Waals surface area contributed by atoms with Crippen molar-refractivity contribution in [3.63, 3.8) is 0 Å². The Labute approximate surface area is 180 Å². The van der Waals surface area contributed by atoms with Gasteiger partial charge in [-0.2, -0.15) is 10.2 Å². The lowest BCUT2D eigenvalue weighted by Crippen LogP contribution is -2.26. The number of rotatable bonds is 7. The van der Waals surface area contributed by atoms with Gasteiger partial charge in [-0.1, -0.05) is 66.7 Å². The largest absolute Gasteiger partial charge is 0.339 e. The minimum atomic E-state index is -0.461. The summed E-state index contributed by atoms with van der Waals surface area (Å²) in [6.07, 6.45) is 1.80. The average molecular weight is 414 g/mol. The van der Waals surface area contributed by atoms with Crippen LogP contribution < -0.4 is 21.5 Å². The minimum Gasteiger partial charge on any atom is -0.307 e. The van der Waals surface area contributed by atoms with Crippen molar-refractivity contribution in [1.29, 1.82) is 0 Å². The molecule has 0 bridgehead atoms. The predicted molar refractivity (Wildman–Crippen MR) is 123 cm³/mol. The van der Waals surface area contributed by atoms with Crippen molar-refractivity contribution in [2.75, 3.05) is 10.6 Å². The van der Waals surface area contributed by atoms with E-state index in [0.29, 0.717) is 23.5 Å². The van der Waals surface area contributed by atoms with Crippen LogP contribution >= 0.6 is 0 Å². The van der Waals surface area contributed by atoms with E-state index in [9.17, 15) is 9.59 Å². The number of urea groups is 2. The Hall–Kier alpha value is -4.46. The quantitative estimate of drug-likeness (QED) is 0.339. The zero-order valence-electron chi connectivity index (χ0n) is 16.7. The second-order valence-corrected chi connectivity index (χ2v) is 6.30. The Balaban J connectivity index is 1.57. The number of anilines is 2. The van der Waals surface area contributed by atoms with Crippen LogP contribution in [0.4, 0.5) is 21.0 Å². The molecule has 0 atom stereocenters. The molecule has 0 heterocycles. The molecule has 3 aromatic carbocycles. The SMILES string of the molecule is O=C(NN=CCC(=NNC(=O)Nc1ccccc1)c1ccccc1)Nc1ccccc1. The van der Waals surface area contributed by atoms with Crippen LogP contribution in [-0.2, 0) is 0 Å². The second-order valence-electron chi connectivity index (χ2n) is 6.30. The van der Waals surface area contributed by atoms with Crippen molar-refractivity contribution in [1.82, 2.24) is 10.9 Å². The molecule has 0 aromatic heterocycles. The summed E-state index contributed by atoms with van der Waals surface area (Å²) in [6, 6.07) is 26.6. The first-order valence-corrected chi connectivity index (χ1v) is 9.58. The molecule has 0 aliphatic rings. The lowest BCUT2D eigenvalue weighted by molar-refractivity contribution is 0.252. The van der Waals surface area contributed by atoms with E-state index in [1.165, 1.54) is 6.21 Å². The third-order valence-electron chi connectivity index (χ3n) is 4.00. The van der Waals surface area contributed by atoms with Crippen molar-refractivity contribution in [3.05, 3.63) is 96.6 Å². The molecule has 0 unspecified atom stereocenters. The molecule has 8 heteroatoms. The maximum Gasteiger partial charge on any atom is 0.339 e. The fourth-order valence-corrected chi connectivity index (χ4v) is 2.57. The van der Waals surface area contributed by atoms with E-state index in [1.54, 1.807) is 24.3 Å². The molecule has 3 aromatic rings. The molecule has 0 aliphatic carbocycles. The van der Waals surface area contributed by atoms with Gasteiger partial charge in [0.2, 0.25) is 0 Å². The minimum absolute atomic E-state index is 0.293. The van der Waals surface area contributed by atoms with Crippen molar-refractivity contribution >= 4 is 35.4 Å². The van der Waals surface area contributed by atoms with E-state index in [-0.39, 0.29) is 0 Å². The van der Waals surface area contributed by atoms with E-state index in [4.69, 9.17) is 0 Å². The summed E-state index contributed by atoms with van der Waals surface area (Å²) in [4.78, 5) is 24.0. The van der Waals surface area contributed by atoms with E-state index >= 15 is 0 Å². The zero-order chi connectivity index (χ0) is 21.7. The summed E-state index contributed by atoms with van der Waals surface area (Å²) < 4.78 is 0. The summed E-state index contributed by atoms with van der Waals surface area (Å²) in [7, 11) is 0. The Bertz CT molecular complexity index is 1040. The molecule has 8 nitrogen and oxygen atoms in total. The van der Waals surface area contributed by atoms with Gasteiger partial charge in [0.05, 0.1) is 5.71 Å². The third kappa shape index (κ3) is 7.47. The fourth-order valence-electron chi connectivity index (χ4n) is 2.57. The number of amides is 4. The number of carbonyl (C=O) groups excluding carboxylic acids is 2. The van der Waals surface area contributed by atoms with Gasteiger partial charge in [-0.05, 0) is 29.8 Å². The summed E-state index contributed by atoms with van der Waals surface area (Å²) in [5, 5.41) is 13.5. The number of para-hydroxylation sites is 2. The van der Waals surface area contributed by atoms with Gasteiger partial charge in [0.15, 0.2) is 0 Å². The molecular formula is C23H22N6O2. The fraction of sp³-hybridized carbons (Fsp3) is 0.0435. The molecule has 3 rings (SSSR count). The van der Waals surface area contributed by atoms with E-state index in [2.05, 4.69) is 31.7 Å². The highest BCUT2D eigenvalue weighted by molar-refractivity contribution is 6.08. The van der Waals surface area contributed by atoms with Gasteiger partial charge in [0.25, 0.3) is 0 Å². The van der Waals surface area contributed by atoms with Crippen LogP contribution in [0.3, 0.4) is 0 Å². The standard InChI is InChI=1S/C23H22N6O2/c30-22(25-19-12-6-2-7-13-19)28-24-17-16-21(18-10-4-1-5-11-18)27-29-23(31)26-20-14-8-3-9-15-20/h1-15,17H,16H2,(H2,25,28,30)(H2,26,29,31). The van der Waals surface area contributed by atoms with Gasteiger partial charge in [-0.3, -0.25) is 0 Å². The van der Waals surface area contributed by atoms with Gasteiger partial charge in [-0.15, -0.1) is 0 Å². The second kappa shape index (κ2) is 11.5. The van der Waals surface area contributed by atoms with Crippen molar-refractivity contribution in [2.24, 2.45) is 10.2 Å². The number of carbonyl (C=O) groups is 2. The Morgan fingerprint density at radius 3 is 1.71 bits per heavy atom. The first-order valence-electron chi connectivity index (χ1n) is 9.58. The molecular weight excluding hydrogens is 392 g/mol. The molecule has 0 saturated carbocycles. The first-order chi connectivity index (χ1) is 15.2. The first kappa shape index (κ1) is 21.3. The molecule has 4 amide bonds. The predicted octanol–water partition coefficient (Wildman–Crippen LogP) is 4.41. The van der Waals surface area contributed by atoms with Crippen LogP contribution in [0.25, 0.3) is 0 Å². The monoisotopic (exact) mass is 414 g/mol. The Morgan fingerprint density at radius 2 is 1.16 bits per heavy atom. The summed E-state index contributed by atoms with van der Waals surface area (Å²) in [5.74, 6) is 0. The van der Waals surface area contributed by atoms with Crippen molar-refractivity contribution in [2.45, 2.75) is 6.42 Å². The highest BCUT2D eigenvalue weighted by atomic mass is 16.2. The molecule has 156 valence electrons. The molecule has 4 N–H and O–H groups in total. The lowest BCUT2D eigenvalue weighted by atomic mass is 10.1. The van der Waals surface area contributed by atoms with E-state index in [0.717, 1.165) is 5.56 Å². The Morgan fingerprint density at radius 1 is 0.677 bits per heavy atom. The highest BCUT2D eigenvalue weighted by Crippen LogP contribution is 2.06. The lowest BCUT2D eigenvalue weighted by Gasteiger charge is -2.07. The summed E-state index contributed by atoms with van der Waals surface area (Å²) in [5.41, 5.74) is 7.61. The number of hydrazone groups is 2. The molecule has 0 radical (unpaired) electrons. The van der Waals surface area contributed by atoms with Crippen LogP contribution in [0.2, 0.25) is 0 Å². The van der Waals surface area contributed by atoms with Crippen LogP contribution in [0.5, 0.6) is 0 Å². The maximum absolute atomic E-state index is 12.1. The van der Waals surface area contributed by atoms with Crippen LogP contribution in [0.15, 0.2) is 101 Å². The maximum atomic E-state index is 12.1. The molecule has 0 spiro atoms. The molecule has 0 saturated heterocycles. The number of hydrogen-bond donors (Lipinski definition) is 4. The number of nitrogens with zero attached hydrogens (tertiary/aromatic N) is 2. The van der Waals surface area contributed by atoms with Gasteiger partial charge < -0.3 is 10.6 Å². The van der Waals surface area contributed by atoms with Gasteiger partial charge in [-0.25, -0.2) is 20.4 Å². The van der Waals surface area contributed by atoms with Crippen LogP contribution in [0.1, 0.15) is 12.0 Å². The van der Waals surface area contributed by atoms with Crippen LogP contribution in [0, 0.1) is 0 Å². The normalized spacial score (nSPS) is 11.0. The van der Waals surface area contributed by atoms with Crippen LogP contribution in [-0.4, -0.2) is 24.0 Å². The third-order valence-corrected chi connectivity index (χ3v) is 4.00. The number of nitrogens with one attached hydrogen (secondary N) is 4. The van der Waals surface area contributed by atoms with Gasteiger partial charge in [0.1, 0.15) is 0 Å².